The van der Waals surface area contributed by atoms with E-state index in [0.29, 0.717) is 18.2 Å². The Labute approximate surface area is 117 Å². The number of hydrazine groups is 1. The number of carbonyl (C=O) groups is 2. The average molecular weight is 280 g/mol. The molecule has 1 aromatic heterocycles. The number of rotatable bonds is 6. The Kier molecular flexibility index (Phi) is 4.75. The van der Waals surface area contributed by atoms with Crippen LogP contribution in [0.25, 0.3) is 0 Å². The summed E-state index contributed by atoms with van der Waals surface area (Å²) in [6.07, 6.45) is 5.84. The molecule has 2 rings (SSSR count). The summed E-state index contributed by atoms with van der Waals surface area (Å²) in [7, 11) is 0. The van der Waals surface area contributed by atoms with Gasteiger partial charge in [-0.05, 0) is 18.9 Å². The van der Waals surface area contributed by atoms with Gasteiger partial charge in [-0.25, -0.2) is 5.84 Å². The zero-order chi connectivity index (χ0) is 14.5. The molecule has 0 unspecified atom stereocenters. The minimum Gasteiger partial charge on any atom is -0.459 e. The van der Waals surface area contributed by atoms with E-state index in [4.69, 9.17) is 16.0 Å². The third-order valence-corrected chi connectivity index (χ3v) is 3.66. The molecule has 0 atom stereocenters. The van der Waals surface area contributed by atoms with Crippen LogP contribution in [0, 0.1) is 0 Å². The summed E-state index contributed by atoms with van der Waals surface area (Å²) in [5.41, 5.74) is 8.07. The first-order valence-corrected chi connectivity index (χ1v) is 6.71. The Morgan fingerprint density at radius 1 is 1.40 bits per heavy atom. The Balaban J connectivity index is 2.12. The quantitative estimate of drug-likeness (QED) is 0.389. The first-order chi connectivity index (χ1) is 9.61. The maximum atomic E-state index is 11.6. The number of nitrogen functional groups attached to an aromatic ring is 1. The van der Waals surface area contributed by atoms with Gasteiger partial charge in [-0.15, -0.1) is 0 Å². The Hall–Kier alpha value is -1.86. The highest BCUT2D eigenvalue weighted by molar-refractivity contribution is 5.92. The zero-order valence-electron chi connectivity index (χ0n) is 11.3. The van der Waals surface area contributed by atoms with Crippen LogP contribution in [0.2, 0.25) is 0 Å². The first-order valence-electron chi connectivity index (χ1n) is 6.71. The summed E-state index contributed by atoms with van der Waals surface area (Å²) in [6, 6.07) is 2.04. The molecule has 110 valence electrons. The highest BCUT2D eigenvalue weighted by Gasteiger charge is 2.26. The van der Waals surface area contributed by atoms with Crippen LogP contribution >= 0.6 is 0 Å². The van der Waals surface area contributed by atoms with Crippen molar-refractivity contribution in [2.75, 3.05) is 6.54 Å². The second-order valence-corrected chi connectivity index (χ2v) is 5.06. The Bertz CT molecular complexity index is 480. The van der Waals surface area contributed by atoms with Crippen molar-refractivity contribution in [1.29, 1.82) is 0 Å². The lowest BCUT2D eigenvalue weighted by Gasteiger charge is -2.27. The fourth-order valence-corrected chi connectivity index (χ4v) is 2.73. The van der Waals surface area contributed by atoms with Crippen molar-refractivity contribution in [2.24, 2.45) is 11.6 Å². The van der Waals surface area contributed by atoms with Crippen LogP contribution in [0.4, 0.5) is 0 Å². The second-order valence-electron chi connectivity index (χ2n) is 5.06. The molecule has 0 spiro atoms. The molecule has 5 N–H and O–H groups in total. The van der Waals surface area contributed by atoms with Gasteiger partial charge in [-0.3, -0.25) is 19.9 Å². The van der Waals surface area contributed by atoms with Crippen molar-refractivity contribution >= 4 is 11.8 Å². The van der Waals surface area contributed by atoms with E-state index in [9.17, 15) is 9.59 Å². The number of nitrogens with zero attached hydrogens (tertiary/aromatic N) is 1. The van der Waals surface area contributed by atoms with Gasteiger partial charge in [0.05, 0.1) is 12.8 Å². The largest absolute Gasteiger partial charge is 0.459 e. The predicted octanol–water partition coefficient (Wildman–Crippen LogP) is 0.113. The lowest BCUT2D eigenvalue weighted by Crippen LogP contribution is -2.40. The fraction of sp³-hybridized carbons (Fsp3) is 0.538. The lowest BCUT2D eigenvalue weighted by atomic mass is 10.1. The summed E-state index contributed by atoms with van der Waals surface area (Å²) < 4.78 is 5.15. The number of primary amides is 1. The van der Waals surface area contributed by atoms with E-state index >= 15 is 0 Å². The summed E-state index contributed by atoms with van der Waals surface area (Å²) >= 11 is 0. The molecule has 2 amide bonds. The highest BCUT2D eigenvalue weighted by atomic mass is 16.3. The third-order valence-electron chi connectivity index (χ3n) is 3.66. The van der Waals surface area contributed by atoms with E-state index in [1.807, 2.05) is 10.3 Å². The highest BCUT2D eigenvalue weighted by Crippen LogP contribution is 2.25. The van der Waals surface area contributed by atoms with E-state index < -0.39 is 5.91 Å². The molecule has 1 aliphatic rings. The van der Waals surface area contributed by atoms with Crippen molar-refractivity contribution in [1.82, 2.24) is 10.3 Å². The van der Waals surface area contributed by atoms with Crippen LogP contribution < -0.4 is 17.0 Å². The molecule has 0 aromatic carbocycles. The molecule has 0 saturated heterocycles. The SMILES string of the molecule is NNC(=O)c1occc1CN(CC(N)=O)C1CCCC1. The fourth-order valence-electron chi connectivity index (χ4n) is 2.73. The number of hydrogen-bond acceptors (Lipinski definition) is 5. The van der Waals surface area contributed by atoms with Gasteiger partial charge in [0.25, 0.3) is 0 Å². The van der Waals surface area contributed by atoms with Crippen LogP contribution in [0.15, 0.2) is 16.7 Å². The minimum atomic E-state index is -0.476. The van der Waals surface area contributed by atoms with Gasteiger partial charge < -0.3 is 10.2 Å². The van der Waals surface area contributed by atoms with Crippen LogP contribution in [0.3, 0.4) is 0 Å². The summed E-state index contributed by atoms with van der Waals surface area (Å²) in [4.78, 5) is 24.8. The molecule has 1 saturated carbocycles. The number of amides is 2. The van der Waals surface area contributed by atoms with E-state index in [1.165, 1.54) is 6.26 Å². The van der Waals surface area contributed by atoms with E-state index in [2.05, 4.69) is 0 Å². The molecule has 1 heterocycles. The first kappa shape index (κ1) is 14.5. The Morgan fingerprint density at radius 3 is 2.70 bits per heavy atom. The smallest absolute Gasteiger partial charge is 0.301 e. The number of furan rings is 1. The van der Waals surface area contributed by atoms with Crippen molar-refractivity contribution in [3.05, 3.63) is 23.7 Å². The number of nitrogens with two attached hydrogens (primary N) is 2. The monoisotopic (exact) mass is 280 g/mol. The second kappa shape index (κ2) is 6.53. The average Bonchev–Trinajstić information content (AvgIpc) is 3.07. The molecule has 1 aliphatic carbocycles. The van der Waals surface area contributed by atoms with E-state index in [0.717, 1.165) is 25.7 Å². The normalized spacial score (nSPS) is 15.7. The summed E-state index contributed by atoms with van der Waals surface area (Å²) in [5, 5.41) is 0. The molecular weight excluding hydrogens is 260 g/mol. The lowest BCUT2D eigenvalue weighted by molar-refractivity contribution is -0.119. The van der Waals surface area contributed by atoms with E-state index in [1.54, 1.807) is 6.07 Å². The van der Waals surface area contributed by atoms with Gasteiger partial charge in [0, 0.05) is 18.2 Å². The topological polar surface area (TPSA) is 115 Å². The third kappa shape index (κ3) is 3.37. The Morgan fingerprint density at radius 2 is 2.10 bits per heavy atom. The predicted molar refractivity (Wildman–Crippen MR) is 72.2 cm³/mol. The minimum absolute atomic E-state index is 0.180. The molecule has 0 radical (unpaired) electrons. The van der Waals surface area contributed by atoms with Gasteiger partial charge in [-0.1, -0.05) is 12.8 Å². The summed E-state index contributed by atoms with van der Waals surface area (Å²) in [6.45, 7) is 0.631. The van der Waals surface area contributed by atoms with Crippen LogP contribution in [0.5, 0.6) is 0 Å². The van der Waals surface area contributed by atoms with Crippen molar-refractivity contribution < 1.29 is 14.0 Å². The molecule has 7 heteroatoms. The molecule has 1 fully saturated rings. The van der Waals surface area contributed by atoms with Crippen molar-refractivity contribution in [3.8, 4) is 0 Å². The standard InChI is InChI=1S/C13H20N4O3/c14-11(18)8-17(10-3-1-2-4-10)7-9-5-6-20-12(9)13(19)16-15/h5-6,10H,1-4,7-8,15H2,(H2,14,18)(H,16,19). The van der Waals surface area contributed by atoms with Gasteiger partial charge in [0.1, 0.15) is 0 Å². The van der Waals surface area contributed by atoms with Crippen LogP contribution in [-0.2, 0) is 11.3 Å². The summed E-state index contributed by atoms with van der Waals surface area (Å²) in [5.74, 6) is 4.45. The van der Waals surface area contributed by atoms with Gasteiger partial charge in [-0.2, -0.15) is 0 Å². The molecule has 20 heavy (non-hydrogen) atoms. The van der Waals surface area contributed by atoms with Gasteiger partial charge >= 0.3 is 5.91 Å². The molecule has 0 bridgehead atoms. The number of nitrogens with one attached hydrogen (secondary N) is 1. The van der Waals surface area contributed by atoms with Gasteiger partial charge in [0.2, 0.25) is 5.91 Å². The molecule has 0 aliphatic heterocycles. The van der Waals surface area contributed by atoms with Gasteiger partial charge in [0.15, 0.2) is 5.76 Å². The maximum absolute atomic E-state index is 11.6. The molecular formula is C13H20N4O3. The van der Waals surface area contributed by atoms with Crippen LogP contribution in [0.1, 0.15) is 41.8 Å². The number of hydrogen-bond donors (Lipinski definition) is 3. The molecule has 7 nitrogen and oxygen atoms in total. The van der Waals surface area contributed by atoms with E-state index in [-0.39, 0.29) is 18.2 Å². The van der Waals surface area contributed by atoms with Crippen molar-refractivity contribution in [3.63, 3.8) is 0 Å². The number of carbonyl (C=O) groups excluding carboxylic acids is 2. The van der Waals surface area contributed by atoms with Crippen LogP contribution in [-0.4, -0.2) is 29.3 Å². The maximum Gasteiger partial charge on any atom is 0.301 e. The molecule has 1 aromatic rings. The zero-order valence-corrected chi connectivity index (χ0v) is 11.3. The van der Waals surface area contributed by atoms with Crippen molar-refractivity contribution in [2.45, 2.75) is 38.3 Å².